The predicted molar refractivity (Wildman–Crippen MR) is 58.2 cm³/mol. The molecule has 0 aliphatic rings. The Morgan fingerprint density at radius 1 is 1.50 bits per heavy atom. The highest BCUT2D eigenvalue weighted by Gasteiger charge is 2.11. The standard InChI is InChI=1S/C11H13N3O2/c1-8(15)10-4-3-5-12-11(10)16-9-6-13-14(2)7-9/h3-8,15H,1-2H3/t8-/m1/s1. The average Bonchev–Trinajstić information content (AvgIpc) is 2.64. The Bertz CT molecular complexity index is 480. The first-order valence-corrected chi connectivity index (χ1v) is 4.96. The van der Waals surface area contributed by atoms with Crippen molar-refractivity contribution in [2.24, 2.45) is 7.05 Å². The summed E-state index contributed by atoms with van der Waals surface area (Å²) in [6, 6.07) is 3.54. The summed E-state index contributed by atoms with van der Waals surface area (Å²) in [6.45, 7) is 1.67. The predicted octanol–water partition coefficient (Wildman–Crippen LogP) is 1.66. The zero-order chi connectivity index (χ0) is 11.5. The molecule has 0 radical (unpaired) electrons. The number of hydrogen-bond acceptors (Lipinski definition) is 4. The summed E-state index contributed by atoms with van der Waals surface area (Å²) in [4.78, 5) is 4.09. The Kier molecular flexibility index (Phi) is 2.87. The Morgan fingerprint density at radius 2 is 2.31 bits per heavy atom. The first-order valence-electron chi connectivity index (χ1n) is 4.96. The Morgan fingerprint density at radius 3 is 2.94 bits per heavy atom. The van der Waals surface area contributed by atoms with Crippen molar-refractivity contribution < 1.29 is 9.84 Å². The van der Waals surface area contributed by atoms with Gasteiger partial charge in [0.2, 0.25) is 5.88 Å². The van der Waals surface area contributed by atoms with Crippen LogP contribution in [0.25, 0.3) is 0 Å². The molecule has 0 aliphatic carbocycles. The van der Waals surface area contributed by atoms with Gasteiger partial charge in [0.15, 0.2) is 5.75 Å². The van der Waals surface area contributed by atoms with E-state index in [4.69, 9.17) is 4.74 Å². The molecule has 0 saturated heterocycles. The lowest BCUT2D eigenvalue weighted by atomic mass is 10.2. The normalized spacial score (nSPS) is 12.4. The molecule has 84 valence electrons. The highest BCUT2D eigenvalue weighted by Crippen LogP contribution is 2.26. The lowest BCUT2D eigenvalue weighted by molar-refractivity contribution is 0.194. The summed E-state index contributed by atoms with van der Waals surface area (Å²) >= 11 is 0. The van der Waals surface area contributed by atoms with Gasteiger partial charge in [0, 0.05) is 18.8 Å². The molecule has 0 fully saturated rings. The van der Waals surface area contributed by atoms with Gasteiger partial charge in [0.1, 0.15) is 0 Å². The molecule has 16 heavy (non-hydrogen) atoms. The number of aryl methyl sites for hydroxylation is 1. The molecule has 5 heteroatoms. The summed E-state index contributed by atoms with van der Waals surface area (Å²) in [6.07, 6.45) is 4.35. The van der Waals surface area contributed by atoms with Crippen LogP contribution in [0.5, 0.6) is 11.6 Å². The SMILES string of the molecule is C[C@@H](O)c1cccnc1Oc1cnn(C)c1. The highest BCUT2D eigenvalue weighted by atomic mass is 16.5. The lowest BCUT2D eigenvalue weighted by Crippen LogP contribution is -1.97. The highest BCUT2D eigenvalue weighted by molar-refractivity contribution is 5.31. The first kappa shape index (κ1) is 10.6. The topological polar surface area (TPSA) is 60.2 Å². The molecular formula is C11H13N3O2. The van der Waals surface area contributed by atoms with E-state index in [-0.39, 0.29) is 0 Å². The monoisotopic (exact) mass is 219 g/mol. The van der Waals surface area contributed by atoms with E-state index >= 15 is 0 Å². The summed E-state index contributed by atoms with van der Waals surface area (Å²) in [5.74, 6) is 1.01. The van der Waals surface area contributed by atoms with Gasteiger partial charge in [-0.3, -0.25) is 4.68 Å². The second-order valence-electron chi connectivity index (χ2n) is 3.53. The van der Waals surface area contributed by atoms with Crippen LogP contribution in [0.4, 0.5) is 0 Å². The fraction of sp³-hybridized carbons (Fsp3) is 0.273. The molecule has 0 spiro atoms. The molecule has 1 N–H and O–H groups in total. The quantitative estimate of drug-likeness (QED) is 0.852. The number of nitrogens with zero attached hydrogens (tertiary/aromatic N) is 3. The van der Waals surface area contributed by atoms with Crippen LogP contribution in [0.1, 0.15) is 18.6 Å². The number of aliphatic hydroxyl groups is 1. The number of rotatable bonds is 3. The molecule has 0 unspecified atom stereocenters. The summed E-state index contributed by atoms with van der Waals surface area (Å²) in [5.41, 5.74) is 0.659. The molecule has 5 nitrogen and oxygen atoms in total. The third kappa shape index (κ3) is 2.20. The van der Waals surface area contributed by atoms with Gasteiger partial charge in [-0.25, -0.2) is 4.98 Å². The maximum Gasteiger partial charge on any atom is 0.225 e. The van der Waals surface area contributed by atoms with Crippen molar-refractivity contribution >= 4 is 0 Å². The second-order valence-corrected chi connectivity index (χ2v) is 3.53. The Labute approximate surface area is 93.3 Å². The van der Waals surface area contributed by atoms with E-state index in [0.717, 1.165) is 0 Å². The fourth-order valence-corrected chi connectivity index (χ4v) is 1.37. The fourth-order valence-electron chi connectivity index (χ4n) is 1.37. The van der Waals surface area contributed by atoms with Crippen LogP contribution in [0.15, 0.2) is 30.7 Å². The molecule has 2 rings (SSSR count). The minimum Gasteiger partial charge on any atom is -0.435 e. The molecule has 1 atom stereocenters. The van der Waals surface area contributed by atoms with Crippen molar-refractivity contribution in [2.45, 2.75) is 13.0 Å². The molecule has 2 aromatic rings. The maximum absolute atomic E-state index is 9.55. The van der Waals surface area contributed by atoms with E-state index in [1.54, 1.807) is 49.4 Å². The number of aliphatic hydroxyl groups excluding tert-OH is 1. The van der Waals surface area contributed by atoms with Crippen molar-refractivity contribution in [1.82, 2.24) is 14.8 Å². The third-order valence-corrected chi connectivity index (χ3v) is 2.15. The van der Waals surface area contributed by atoms with Gasteiger partial charge in [-0.15, -0.1) is 0 Å². The van der Waals surface area contributed by atoms with Gasteiger partial charge in [-0.2, -0.15) is 5.10 Å². The van der Waals surface area contributed by atoms with Gasteiger partial charge < -0.3 is 9.84 Å². The van der Waals surface area contributed by atoms with Crippen LogP contribution in [-0.4, -0.2) is 19.9 Å². The molecule has 0 aromatic carbocycles. The Balaban J connectivity index is 2.27. The van der Waals surface area contributed by atoms with Crippen LogP contribution in [0.3, 0.4) is 0 Å². The van der Waals surface area contributed by atoms with Crippen LogP contribution < -0.4 is 4.74 Å². The summed E-state index contributed by atoms with van der Waals surface area (Å²) in [7, 11) is 1.81. The second kappa shape index (κ2) is 4.32. The molecular weight excluding hydrogens is 206 g/mol. The molecule has 0 saturated carbocycles. The molecule has 0 bridgehead atoms. The van der Waals surface area contributed by atoms with Crippen molar-refractivity contribution in [3.63, 3.8) is 0 Å². The van der Waals surface area contributed by atoms with E-state index in [0.29, 0.717) is 17.2 Å². The van der Waals surface area contributed by atoms with Crippen molar-refractivity contribution in [3.05, 3.63) is 36.3 Å². The average molecular weight is 219 g/mol. The number of hydrogen-bond donors (Lipinski definition) is 1. The van der Waals surface area contributed by atoms with Crippen molar-refractivity contribution in [3.8, 4) is 11.6 Å². The van der Waals surface area contributed by atoms with Gasteiger partial charge >= 0.3 is 0 Å². The van der Waals surface area contributed by atoms with Gasteiger partial charge in [-0.1, -0.05) is 0 Å². The number of ether oxygens (including phenoxy) is 1. The van der Waals surface area contributed by atoms with E-state index in [1.165, 1.54) is 0 Å². The number of aromatic nitrogens is 3. The zero-order valence-electron chi connectivity index (χ0n) is 9.16. The maximum atomic E-state index is 9.55. The van der Waals surface area contributed by atoms with Crippen molar-refractivity contribution in [2.75, 3.05) is 0 Å². The summed E-state index contributed by atoms with van der Waals surface area (Å²) < 4.78 is 7.18. The molecule has 0 amide bonds. The van der Waals surface area contributed by atoms with E-state index < -0.39 is 6.10 Å². The van der Waals surface area contributed by atoms with Crippen LogP contribution >= 0.6 is 0 Å². The van der Waals surface area contributed by atoms with Gasteiger partial charge in [-0.05, 0) is 19.1 Å². The zero-order valence-corrected chi connectivity index (χ0v) is 9.16. The van der Waals surface area contributed by atoms with Crippen LogP contribution in [-0.2, 0) is 7.05 Å². The molecule has 0 aliphatic heterocycles. The van der Waals surface area contributed by atoms with Crippen LogP contribution in [0.2, 0.25) is 0 Å². The van der Waals surface area contributed by atoms with E-state index in [1.807, 2.05) is 0 Å². The smallest absolute Gasteiger partial charge is 0.225 e. The lowest BCUT2D eigenvalue weighted by Gasteiger charge is -2.09. The minimum atomic E-state index is -0.611. The van der Waals surface area contributed by atoms with E-state index in [2.05, 4.69) is 10.1 Å². The first-order chi connectivity index (χ1) is 7.66. The van der Waals surface area contributed by atoms with Gasteiger partial charge in [0.05, 0.1) is 18.5 Å². The molecule has 2 heterocycles. The third-order valence-electron chi connectivity index (χ3n) is 2.15. The van der Waals surface area contributed by atoms with E-state index in [9.17, 15) is 5.11 Å². The van der Waals surface area contributed by atoms with Gasteiger partial charge in [0.25, 0.3) is 0 Å². The Hall–Kier alpha value is -1.88. The van der Waals surface area contributed by atoms with Crippen LogP contribution in [0, 0.1) is 0 Å². The molecule has 2 aromatic heterocycles. The largest absolute Gasteiger partial charge is 0.435 e. The minimum absolute atomic E-state index is 0.408. The van der Waals surface area contributed by atoms with Crippen molar-refractivity contribution in [1.29, 1.82) is 0 Å². The summed E-state index contributed by atoms with van der Waals surface area (Å²) in [5, 5.41) is 13.5. The number of pyridine rings is 1.